The first-order valence-electron chi connectivity index (χ1n) is 5.76. The van der Waals surface area contributed by atoms with Crippen LogP contribution in [-0.4, -0.2) is 41.0 Å². The third-order valence-corrected chi connectivity index (χ3v) is 2.83. The van der Waals surface area contributed by atoms with Crippen molar-refractivity contribution in [3.05, 3.63) is 22.4 Å². The summed E-state index contributed by atoms with van der Waals surface area (Å²) in [6.07, 6.45) is 1.68. The lowest BCUT2D eigenvalue weighted by atomic mass is 10.2. The summed E-state index contributed by atoms with van der Waals surface area (Å²) in [4.78, 5) is 28.0. The Labute approximate surface area is 115 Å². The van der Waals surface area contributed by atoms with Gasteiger partial charge in [-0.2, -0.15) is 0 Å². The molecule has 1 rings (SSSR count). The van der Waals surface area contributed by atoms with Gasteiger partial charge in [0.2, 0.25) is 0 Å². The maximum Gasteiger partial charge on any atom is 0.325 e. The van der Waals surface area contributed by atoms with E-state index in [9.17, 15) is 9.59 Å². The van der Waals surface area contributed by atoms with Crippen LogP contribution in [0.4, 0.5) is 0 Å². The highest BCUT2D eigenvalue weighted by Crippen LogP contribution is 2.14. The van der Waals surface area contributed by atoms with E-state index in [2.05, 4.69) is 20.9 Å². The Morgan fingerprint density at radius 2 is 2.17 bits per heavy atom. The predicted molar refractivity (Wildman–Crippen MR) is 71.3 cm³/mol. The molecule has 0 bridgehead atoms. The highest BCUT2D eigenvalue weighted by molar-refractivity contribution is 9.10. The van der Waals surface area contributed by atoms with Gasteiger partial charge in [-0.3, -0.25) is 9.59 Å². The number of carbonyl (C=O) groups is 2. The van der Waals surface area contributed by atoms with Gasteiger partial charge in [0, 0.05) is 16.7 Å². The number of aromatic amines is 1. The monoisotopic (exact) mass is 316 g/mol. The zero-order valence-electron chi connectivity index (χ0n) is 10.7. The summed E-state index contributed by atoms with van der Waals surface area (Å²) < 4.78 is 5.66. The second kappa shape index (κ2) is 6.58. The van der Waals surface area contributed by atoms with Gasteiger partial charge in [0.1, 0.15) is 12.2 Å². The van der Waals surface area contributed by atoms with Gasteiger partial charge in [0.05, 0.1) is 6.61 Å². The SMILES string of the molecule is CCOC(=O)CN(C(=O)c1cc(Br)c[nH]1)C(C)C. The summed E-state index contributed by atoms with van der Waals surface area (Å²) in [5, 5.41) is 0. The Morgan fingerprint density at radius 1 is 1.50 bits per heavy atom. The normalized spacial score (nSPS) is 10.5. The van der Waals surface area contributed by atoms with Crippen LogP contribution in [0.1, 0.15) is 31.3 Å². The van der Waals surface area contributed by atoms with Crippen molar-refractivity contribution < 1.29 is 14.3 Å². The minimum Gasteiger partial charge on any atom is -0.465 e. The number of nitrogens with zero attached hydrogens (tertiary/aromatic N) is 1. The number of ether oxygens (including phenoxy) is 1. The van der Waals surface area contributed by atoms with Gasteiger partial charge in [-0.1, -0.05) is 0 Å². The zero-order valence-corrected chi connectivity index (χ0v) is 12.3. The summed E-state index contributed by atoms with van der Waals surface area (Å²) in [6.45, 7) is 5.72. The molecule has 100 valence electrons. The fourth-order valence-electron chi connectivity index (χ4n) is 1.48. The van der Waals surface area contributed by atoms with Gasteiger partial charge in [-0.05, 0) is 42.8 Å². The fourth-order valence-corrected chi connectivity index (χ4v) is 1.82. The number of H-pyrrole nitrogens is 1. The van der Waals surface area contributed by atoms with Gasteiger partial charge < -0.3 is 14.6 Å². The molecule has 1 N–H and O–H groups in total. The molecule has 0 saturated carbocycles. The Morgan fingerprint density at radius 3 is 2.61 bits per heavy atom. The van der Waals surface area contributed by atoms with Crippen molar-refractivity contribution in [2.45, 2.75) is 26.8 Å². The first kappa shape index (κ1) is 14.8. The Hall–Kier alpha value is -1.30. The number of hydrogen-bond donors (Lipinski definition) is 1. The van der Waals surface area contributed by atoms with E-state index in [-0.39, 0.29) is 18.5 Å². The summed E-state index contributed by atoms with van der Waals surface area (Å²) in [6, 6.07) is 1.60. The number of hydrogen-bond acceptors (Lipinski definition) is 3. The van der Waals surface area contributed by atoms with Crippen LogP contribution in [0.25, 0.3) is 0 Å². The van der Waals surface area contributed by atoms with Gasteiger partial charge >= 0.3 is 5.97 Å². The first-order chi connectivity index (χ1) is 8.45. The molecule has 0 spiro atoms. The highest BCUT2D eigenvalue weighted by Gasteiger charge is 2.23. The topological polar surface area (TPSA) is 62.4 Å². The van der Waals surface area contributed by atoms with Gasteiger partial charge in [-0.15, -0.1) is 0 Å². The van der Waals surface area contributed by atoms with Crippen LogP contribution < -0.4 is 0 Å². The van der Waals surface area contributed by atoms with Gasteiger partial charge in [0.25, 0.3) is 5.91 Å². The fraction of sp³-hybridized carbons (Fsp3) is 0.500. The molecule has 0 fully saturated rings. The van der Waals surface area contributed by atoms with Crippen molar-refractivity contribution in [1.82, 2.24) is 9.88 Å². The molecule has 18 heavy (non-hydrogen) atoms. The number of aromatic nitrogens is 1. The molecule has 6 heteroatoms. The second-order valence-corrected chi connectivity index (χ2v) is 4.98. The molecule has 0 unspecified atom stereocenters. The van der Waals surface area contributed by atoms with E-state index in [1.807, 2.05) is 13.8 Å². The maximum absolute atomic E-state index is 12.2. The van der Waals surface area contributed by atoms with Crippen molar-refractivity contribution in [2.24, 2.45) is 0 Å². The molecular weight excluding hydrogens is 300 g/mol. The van der Waals surface area contributed by atoms with Crippen molar-refractivity contribution in [2.75, 3.05) is 13.2 Å². The molecule has 1 aromatic heterocycles. The number of rotatable bonds is 5. The average Bonchev–Trinajstić information content (AvgIpc) is 2.72. The summed E-state index contributed by atoms with van der Waals surface area (Å²) in [5.41, 5.74) is 0.444. The summed E-state index contributed by atoms with van der Waals surface area (Å²) in [7, 11) is 0. The number of nitrogens with one attached hydrogen (secondary N) is 1. The Kier molecular flexibility index (Phi) is 5.40. The molecule has 0 aromatic carbocycles. The third kappa shape index (κ3) is 3.87. The third-order valence-electron chi connectivity index (χ3n) is 2.37. The molecular formula is C12H17BrN2O3. The molecule has 0 atom stereocenters. The quantitative estimate of drug-likeness (QED) is 0.847. The standard InChI is InChI=1S/C12H17BrN2O3/c1-4-18-11(16)7-15(8(2)3)12(17)10-5-9(13)6-14-10/h5-6,8,14H,4,7H2,1-3H3. The van der Waals surface area contributed by atoms with Crippen LogP contribution in [0, 0.1) is 0 Å². The van der Waals surface area contributed by atoms with Gasteiger partial charge in [0.15, 0.2) is 0 Å². The van der Waals surface area contributed by atoms with E-state index < -0.39 is 5.97 Å². The molecule has 0 aliphatic carbocycles. The molecule has 5 nitrogen and oxygen atoms in total. The van der Waals surface area contributed by atoms with Gasteiger partial charge in [-0.25, -0.2) is 0 Å². The van der Waals surface area contributed by atoms with Crippen LogP contribution in [0.15, 0.2) is 16.7 Å². The average molecular weight is 317 g/mol. The van der Waals surface area contributed by atoms with E-state index >= 15 is 0 Å². The van der Waals surface area contributed by atoms with Crippen LogP contribution in [0.3, 0.4) is 0 Å². The van der Waals surface area contributed by atoms with Crippen molar-refractivity contribution in [3.8, 4) is 0 Å². The number of carbonyl (C=O) groups excluding carboxylic acids is 2. The van der Waals surface area contributed by atoms with Crippen molar-refractivity contribution >= 4 is 27.8 Å². The van der Waals surface area contributed by atoms with E-state index in [0.29, 0.717) is 12.3 Å². The lowest BCUT2D eigenvalue weighted by molar-refractivity contribution is -0.144. The number of amides is 1. The molecule has 0 radical (unpaired) electrons. The summed E-state index contributed by atoms with van der Waals surface area (Å²) >= 11 is 3.27. The highest BCUT2D eigenvalue weighted by atomic mass is 79.9. The van der Waals surface area contributed by atoms with E-state index in [4.69, 9.17) is 4.74 Å². The van der Waals surface area contributed by atoms with E-state index in [1.54, 1.807) is 19.2 Å². The minimum atomic E-state index is -0.398. The van der Waals surface area contributed by atoms with Crippen LogP contribution in [-0.2, 0) is 9.53 Å². The van der Waals surface area contributed by atoms with Crippen LogP contribution in [0.2, 0.25) is 0 Å². The van der Waals surface area contributed by atoms with Crippen molar-refractivity contribution in [3.63, 3.8) is 0 Å². The lowest BCUT2D eigenvalue weighted by Gasteiger charge is -2.25. The van der Waals surface area contributed by atoms with E-state index in [1.165, 1.54) is 4.90 Å². The zero-order chi connectivity index (χ0) is 13.7. The Balaban J connectivity index is 2.79. The van der Waals surface area contributed by atoms with E-state index in [0.717, 1.165) is 4.47 Å². The van der Waals surface area contributed by atoms with Crippen molar-refractivity contribution in [1.29, 1.82) is 0 Å². The Bertz CT molecular complexity index is 429. The minimum absolute atomic E-state index is 0.0407. The second-order valence-electron chi connectivity index (χ2n) is 4.06. The molecule has 0 aliphatic rings. The smallest absolute Gasteiger partial charge is 0.325 e. The molecule has 1 heterocycles. The summed E-state index contributed by atoms with van der Waals surface area (Å²) in [5.74, 6) is -0.617. The lowest BCUT2D eigenvalue weighted by Crippen LogP contribution is -2.41. The maximum atomic E-state index is 12.2. The number of halogens is 1. The molecule has 1 aromatic rings. The molecule has 1 amide bonds. The number of esters is 1. The first-order valence-corrected chi connectivity index (χ1v) is 6.55. The molecule has 0 saturated heterocycles. The van der Waals surface area contributed by atoms with Crippen LogP contribution >= 0.6 is 15.9 Å². The predicted octanol–water partition coefficient (Wildman–Crippen LogP) is 2.19. The molecule has 0 aliphatic heterocycles. The largest absolute Gasteiger partial charge is 0.465 e. The van der Waals surface area contributed by atoms with Crippen LogP contribution in [0.5, 0.6) is 0 Å².